The van der Waals surface area contributed by atoms with Crippen LogP contribution in [0.15, 0.2) is 48.5 Å². The largest absolute Gasteiger partial charge is 0.478 e. The van der Waals surface area contributed by atoms with E-state index in [1.54, 1.807) is 24.3 Å². The summed E-state index contributed by atoms with van der Waals surface area (Å²) in [5.41, 5.74) is 3.10. The summed E-state index contributed by atoms with van der Waals surface area (Å²) < 4.78 is 0. The Kier molecular flexibility index (Phi) is 4.15. The maximum Gasteiger partial charge on any atom is 0.335 e. The molecule has 4 nitrogen and oxygen atoms in total. The van der Waals surface area contributed by atoms with Crippen LogP contribution in [0.4, 0.5) is 11.4 Å². The molecule has 0 bridgehead atoms. The lowest BCUT2D eigenvalue weighted by molar-refractivity contribution is 0.0697. The monoisotopic (exact) mass is 257 g/mol. The number of nitrogens with one attached hydrogen (secondary N) is 1. The number of hydrogen-bond acceptors (Lipinski definition) is 3. The molecule has 0 fully saturated rings. The number of benzene rings is 2. The Hall–Kier alpha value is -2.33. The molecule has 0 aliphatic carbocycles. The Balaban J connectivity index is 2.06. The van der Waals surface area contributed by atoms with Gasteiger partial charge in [0.05, 0.1) is 5.56 Å². The highest BCUT2D eigenvalue weighted by molar-refractivity contribution is 5.88. The zero-order valence-electron chi connectivity index (χ0n) is 10.3. The van der Waals surface area contributed by atoms with Crippen LogP contribution >= 0.6 is 0 Å². The highest BCUT2D eigenvalue weighted by atomic mass is 16.4. The van der Waals surface area contributed by atoms with Crippen molar-refractivity contribution >= 4 is 17.3 Å². The number of carbonyl (C=O) groups is 1. The number of aromatic carboxylic acids is 1. The number of hydrogen-bond donors (Lipinski definition) is 3. The molecule has 2 aromatic rings. The molecular weight excluding hydrogens is 242 g/mol. The Bertz CT molecular complexity index is 547. The topological polar surface area (TPSA) is 69.6 Å². The van der Waals surface area contributed by atoms with Crippen molar-refractivity contribution in [2.24, 2.45) is 0 Å². The minimum absolute atomic E-state index is 0.142. The van der Waals surface area contributed by atoms with E-state index >= 15 is 0 Å². The second-order valence-corrected chi connectivity index (χ2v) is 4.18. The van der Waals surface area contributed by atoms with Gasteiger partial charge in [-0.1, -0.05) is 12.1 Å². The van der Waals surface area contributed by atoms with E-state index in [-0.39, 0.29) is 12.2 Å². The fraction of sp³-hybridized carbons (Fsp3) is 0.133. The Morgan fingerprint density at radius 3 is 1.95 bits per heavy atom. The first kappa shape index (κ1) is 13.1. The van der Waals surface area contributed by atoms with E-state index in [0.29, 0.717) is 6.42 Å². The zero-order chi connectivity index (χ0) is 13.7. The third-order valence-corrected chi connectivity index (χ3v) is 2.77. The van der Waals surface area contributed by atoms with Crippen molar-refractivity contribution in [3.05, 3.63) is 59.7 Å². The van der Waals surface area contributed by atoms with Crippen molar-refractivity contribution in [3.8, 4) is 0 Å². The summed E-state index contributed by atoms with van der Waals surface area (Å²) in [6, 6.07) is 14.3. The second kappa shape index (κ2) is 6.02. The molecule has 0 aliphatic rings. The fourth-order valence-corrected chi connectivity index (χ4v) is 1.75. The van der Waals surface area contributed by atoms with Crippen molar-refractivity contribution < 1.29 is 15.0 Å². The summed E-state index contributed by atoms with van der Waals surface area (Å²) in [6.07, 6.45) is 0.646. The molecule has 98 valence electrons. The van der Waals surface area contributed by atoms with Crippen LogP contribution in [-0.4, -0.2) is 22.8 Å². The van der Waals surface area contributed by atoms with E-state index < -0.39 is 5.97 Å². The summed E-state index contributed by atoms with van der Waals surface area (Å²) >= 11 is 0. The van der Waals surface area contributed by atoms with Crippen molar-refractivity contribution in [2.45, 2.75) is 6.42 Å². The summed E-state index contributed by atoms with van der Waals surface area (Å²) in [5, 5.41) is 20.8. The van der Waals surface area contributed by atoms with E-state index in [1.807, 2.05) is 24.3 Å². The average molecular weight is 257 g/mol. The van der Waals surface area contributed by atoms with Gasteiger partial charge in [0.15, 0.2) is 0 Å². The van der Waals surface area contributed by atoms with Crippen LogP contribution in [0, 0.1) is 0 Å². The van der Waals surface area contributed by atoms with Gasteiger partial charge in [-0.05, 0) is 48.4 Å². The molecular formula is C15H15NO3. The maximum absolute atomic E-state index is 10.7. The highest BCUT2D eigenvalue weighted by Gasteiger charge is 2.01. The van der Waals surface area contributed by atoms with E-state index in [2.05, 4.69) is 5.32 Å². The molecule has 3 N–H and O–H groups in total. The summed E-state index contributed by atoms with van der Waals surface area (Å²) in [4.78, 5) is 10.7. The number of rotatable bonds is 5. The number of aliphatic hydroxyl groups is 1. The molecule has 0 heterocycles. The van der Waals surface area contributed by atoms with Crippen molar-refractivity contribution in [3.63, 3.8) is 0 Å². The van der Waals surface area contributed by atoms with Gasteiger partial charge in [0.25, 0.3) is 0 Å². The van der Waals surface area contributed by atoms with Gasteiger partial charge in [0.1, 0.15) is 0 Å². The van der Waals surface area contributed by atoms with Crippen LogP contribution in [0.5, 0.6) is 0 Å². The first-order valence-electron chi connectivity index (χ1n) is 5.99. The molecule has 2 aromatic carbocycles. The van der Waals surface area contributed by atoms with Gasteiger partial charge in [-0.2, -0.15) is 0 Å². The Labute approximate surface area is 111 Å². The summed E-state index contributed by atoms with van der Waals surface area (Å²) in [5.74, 6) is -0.931. The first-order valence-corrected chi connectivity index (χ1v) is 5.99. The van der Waals surface area contributed by atoms with Gasteiger partial charge in [0.2, 0.25) is 0 Å². The number of anilines is 2. The quantitative estimate of drug-likeness (QED) is 0.770. The molecule has 0 radical (unpaired) electrons. The third-order valence-electron chi connectivity index (χ3n) is 2.77. The fourth-order valence-electron chi connectivity index (χ4n) is 1.75. The van der Waals surface area contributed by atoms with Crippen molar-refractivity contribution in [1.82, 2.24) is 0 Å². The molecule has 0 saturated heterocycles. The SMILES string of the molecule is O=C(O)c1ccc(Nc2ccc(CCO)cc2)cc1. The predicted molar refractivity (Wildman–Crippen MR) is 73.9 cm³/mol. The molecule has 0 atom stereocenters. The predicted octanol–water partition coefficient (Wildman–Crippen LogP) is 2.66. The Morgan fingerprint density at radius 1 is 0.947 bits per heavy atom. The second-order valence-electron chi connectivity index (χ2n) is 4.18. The highest BCUT2D eigenvalue weighted by Crippen LogP contribution is 2.18. The van der Waals surface area contributed by atoms with Crippen LogP contribution in [0.25, 0.3) is 0 Å². The summed E-state index contributed by atoms with van der Waals surface area (Å²) in [7, 11) is 0. The maximum atomic E-state index is 10.7. The molecule has 2 rings (SSSR count). The van der Waals surface area contributed by atoms with Crippen LogP contribution in [0.3, 0.4) is 0 Å². The number of carboxylic acids is 1. The molecule has 19 heavy (non-hydrogen) atoms. The standard InChI is InChI=1S/C15H15NO3/c17-10-9-11-1-5-13(6-2-11)16-14-7-3-12(4-8-14)15(18)19/h1-8,16-17H,9-10H2,(H,18,19). The average Bonchev–Trinajstić information content (AvgIpc) is 2.42. The lowest BCUT2D eigenvalue weighted by Crippen LogP contribution is -1.97. The van der Waals surface area contributed by atoms with Crippen LogP contribution < -0.4 is 5.32 Å². The van der Waals surface area contributed by atoms with Gasteiger partial charge in [0, 0.05) is 18.0 Å². The molecule has 0 aromatic heterocycles. The van der Waals surface area contributed by atoms with E-state index in [4.69, 9.17) is 10.2 Å². The van der Waals surface area contributed by atoms with Gasteiger partial charge in [-0.15, -0.1) is 0 Å². The Morgan fingerprint density at radius 2 is 1.47 bits per heavy atom. The minimum atomic E-state index is -0.931. The molecule has 0 saturated carbocycles. The van der Waals surface area contributed by atoms with E-state index in [0.717, 1.165) is 16.9 Å². The van der Waals surface area contributed by atoms with Gasteiger partial charge >= 0.3 is 5.97 Å². The van der Waals surface area contributed by atoms with Crippen LogP contribution in [-0.2, 0) is 6.42 Å². The van der Waals surface area contributed by atoms with Crippen LogP contribution in [0.1, 0.15) is 15.9 Å². The van der Waals surface area contributed by atoms with Gasteiger partial charge < -0.3 is 15.5 Å². The molecule has 0 amide bonds. The smallest absolute Gasteiger partial charge is 0.335 e. The third kappa shape index (κ3) is 3.56. The lowest BCUT2D eigenvalue weighted by atomic mass is 10.1. The zero-order valence-corrected chi connectivity index (χ0v) is 10.3. The van der Waals surface area contributed by atoms with Crippen molar-refractivity contribution in [2.75, 3.05) is 11.9 Å². The summed E-state index contributed by atoms with van der Waals surface area (Å²) in [6.45, 7) is 0.142. The lowest BCUT2D eigenvalue weighted by Gasteiger charge is -2.07. The van der Waals surface area contributed by atoms with Gasteiger partial charge in [-0.3, -0.25) is 0 Å². The normalized spacial score (nSPS) is 10.2. The van der Waals surface area contributed by atoms with Crippen molar-refractivity contribution in [1.29, 1.82) is 0 Å². The number of carboxylic acid groups (broad SMARTS) is 1. The van der Waals surface area contributed by atoms with E-state index in [1.165, 1.54) is 0 Å². The molecule has 0 aliphatic heterocycles. The first-order chi connectivity index (χ1) is 9.19. The van der Waals surface area contributed by atoms with E-state index in [9.17, 15) is 4.79 Å². The molecule has 0 unspecified atom stereocenters. The molecule has 0 spiro atoms. The van der Waals surface area contributed by atoms with Crippen LogP contribution in [0.2, 0.25) is 0 Å². The minimum Gasteiger partial charge on any atom is -0.478 e. The molecule has 4 heteroatoms. The number of aliphatic hydroxyl groups excluding tert-OH is 1. The van der Waals surface area contributed by atoms with Gasteiger partial charge in [-0.25, -0.2) is 4.79 Å².